The van der Waals surface area contributed by atoms with Crippen molar-refractivity contribution in [3.63, 3.8) is 0 Å². The quantitative estimate of drug-likeness (QED) is 0.479. The van der Waals surface area contributed by atoms with Crippen molar-refractivity contribution in [2.45, 2.75) is 6.54 Å². The minimum absolute atomic E-state index is 0.00756. The van der Waals surface area contributed by atoms with E-state index in [-0.39, 0.29) is 17.8 Å². The molecule has 3 aromatic rings. The number of ether oxygens (including phenoxy) is 4. The molecule has 0 atom stereocenters. The second-order valence-corrected chi connectivity index (χ2v) is 7.29. The molecule has 2 heterocycles. The number of carbonyl (C=O) groups is 2. The van der Waals surface area contributed by atoms with E-state index in [1.54, 1.807) is 55.6 Å². The summed E-state index contributed by atoms with van der Waals surface area (Å²) in [7, 11) is 6.08. The number of nitrogens with one attached hydrogen (secondary N) is 1. The Kier molecular flexibility index (Phi) is 6.44. The number of carbonyl (C=O) groups excluding carboxylic acids is 2. The monoisotopic (exact) mass is 464 g/mol. The number of methoxy groups -OCH3 is 4. The molecule has 2 aromatic carbocycles. The molecule has 34 heavy (non-hydrogen) atoms. The highest BCUT2D eigenvalue weighted by Gasteiger charge is 2.40. The van der Waals surface area contributed by atoms with Crippen molar-refractivity contribution in [2.75, 3.05) is 33.8 Å². The summed E-state index contributed by atoms with van der Waals surface area (Å²) >= 11 is 0. The van der Waals surface area contributed by atoms with Crippen LogP contribution >= 0.6 is 0 Å². The van der Waals surface area contributed by atoms with Crippen LogP contribution in [0, 0.1) is 0 Å². The smallest absolute Gasteiger partial charge is 0.278 e. The van der Waals surface area contributed by atoms with Gasteiger partial charge in [0.2, 0.25) is 0 Å². The summed E-state index contributed by atoms with van der Waals surface area (Å²) in [6.07, 6.45) is 1.49. The number of nitrogens with zero attached hydrogens (tertiary/aromatic N) is 1. The Bertz CT molecular complexity index is 1250. The minimum atomic E-state index is -0.496. The first-order chi connectivity index (χ1) is 16.5. The third-order valence-electron chi connectivity index (χ3n) is 5.40. The number of rotatable bonds is 9. The Labute approximate surface area is 196 Å². The van der Waals surface area contributed by atoms with Crippen LogP contribution in [0.5, 0.6) is 23.0 Å². The lowest BCUT2D eigenvalue weighted by Crippen LogP contribution is -2.31. The average Bonchev–Trinajstić information content (AvgIpc) is 3.46. The normalized spacial score (nSPS) is 13.4. The lowest BCUT2D eigenvalue weighted by molar-refractivity contribution is -0.137. The van der Waals surface area contributed by atoms with E-state index in [9.17, 15) is 9.59 Å². The van der Waals surface area contributed by atoms with Crippen LogP contribution in [-0.4, -0.2) is 45.2 Å². The van der Waals surface area contributed by atoms with E-state index < -0.39 is 11.8 Å². The molecule has 9 nitrogen and oxygen atoms in total. The first-order valence-corrected chi connectivity index (χ1v) is 10.3. The van der Waals surface area contributed by atoms with Crippen LogP contribution in [0.3, 0.4) is 0 Å². The number of anilines is 1. The molecule has 9 heteroatoms. The van der Waals surface area contributed by atoms with Crippen molar-refractivity contribution in [3.8, 4) is 23.0 Å². The molecule has 0 bridgehead atoms. The molecule has 0 aliphatic carbocycles. The molecular formula is C25H24N2O7. The van der Waals surface area contributed by atoms with Crippen LogP contribution < -0.4 is 24.3 Å². The molecule has 0 saturated carbocycles. The van der Waals surface area contributed by atoms with Crippen molar-refractivity contribution in [1.29, 1.82) is 0 Å². The van der Waals surface area contributed by atoms with Crippen molar-refractivity contribution < 1.29 is 33.0 Å². The SMILES string of the molecule is COc1ccc(NC2=C(c3ccc(OC)c(OC)c3)C(=O)N(Cc3ccco3)C2=O)c(OC)c1. The fourth-order valence-electron chi connectivity index (χ4n) is 3.69. The maximum absolute atomic E-state index is 13.5. The van der Waals surface area contributed by atoms with Gasteiger partial charge in [0.25, 0.3) is 11.8 Å². The minimum Gasteiger partial charge on any atom is -0.497 e. The summed E-state index contributed by atoms with van der Waals surface area (Å²) in [6.45, 7) is -0.00756. The number of amides is 2. The van der Waals surface area contributed by atoms with Crippen molar-refractivity contribution >= 4 is 23.1 Å². The van der Waals surface area contributed by atoms with E-state index in [1.165, 1.54) is 27.6 Å². The van der Waals surface area contributed by atoms with Gasteiger partial charge in [0.05, 0.1) is 52.5 Å². The highest BCUT2D eigenvalue weighted by atomic mass is 16.5. The van der Waals surface area contributed by atoms with E-state index in [0.29, 0.717) is 40.0 Å². The number of furan rings is 1. The molecule has 4 rings (SSSR count). The largest absolute Gasteiger partial charge is 0.497 e. The Hall–Kier alpha value is -4.40. The third-order valence-corrected chi connectivity index (χ3v) is 5.40. The zero-order valence-electron chi connectivity index (χ0n) is 19.2. The fourth-order valence-corrected chi connectivity index (χ4v) is 3.69. The van der Waals surface area contributed by atoms with Gasteiger partial charge in [-0.15, -0.1) is 0 Å². The molecule has 1 aliphatic heterocycles. The predicted octanol–water partition coefficient (Wildman–Crippen LogP) is 3.71. The Morgan fingerprint density at radius 3 is 2.24 bits per heavy atom. The van der Waals surface area contributed by atoms with Gasteiger partial charge in [-0.2, -0.15) is 0 Å². The summed E-state index contributed by atoms with van der Waals surface area (Å²) in [4.78, 5) is 28.1. The predicted molar refractivity (Wildman–Crippen MR) is 124 cm³/mol. The Morgan fingerprint density at radius 2 is 1.59 bits per heavy atom. The molecule has 2 amide bonds. The molecule has 1 aliphatic rings. The standard InChI is InChI=1S/C25H24N2O7/c1-30-16-8-9-18(20(13-16)32-3)26-23-22(15-7-10-19(31-2)21(12-15)33-4)24(28)27(25(23)29)14-17-6-5-11-34-17/h5-13,26H,14H2,1-4H3. The van der Waals surface area contributed by atoms with Crippen LogP contribution in [0.4, 0.5) is 5.69 Å². The second kappa shape index (κ2) is 9.62. The molecule has 1 N–H and O–H groups in total. The number of benzene rings is 2. The first-order valence-electron chi connectivity index (χ1n) is 10.3. The van der Waals surface area contributed by atoms with Gasteiger partial charge in [-0.05, 0) is 42.0 Å². The topological polar surface area (TPSA) is 99.5 Å². The Balaban J connectivity index is 1.81. The molecule has 0 radical (unpaired) electrons. The maximum Gasteiger partial charge on any atom is 0.278 e. The van der Waals surface area contributed by atoms with Gasteiger partial charge in [-0.25, -0.2) is 0 Å². The van der Waals surface area contributed by atoms with E-state index in [2.05, 4.69) is 5.32 Å². The van der Waals surface area contributed by atoms with Crippen LogP contribution in [0.1, 0.15) is 11.3 Å². The van der Waals surface area contributed by atoms with Crippen LogP contribution in [0.15, 0.2) is 64.9 Å². The van der Waals surface area contributed by atoms with Crippen LogP contribution in [-0.2, 0) is 16.1 Å². The molecule has 0 unspecified atom stereocenters. The lowest BCUT2D eigenvalue weighted by atomic mass is 10.0. The van der Waals surface area contributed by atoms with Crippen molar-refractivity contribution in [2.24, 2.45) is 0 Å². The highest BCUT2D eigenvalue weighted by molar-refractivity contribution is 6.36. The zero-order valence-corrected chi connectivity index (χ0v) is 19.2. The van der Waals surface area contributed by atoms with E-state index in [0.717, 1.165) is 4.90 Å². The van der Waals surface area contributed by atoms with Crippen LogP contribution in [0.2, 0.25) is 0 Å². The third kappa shape index (κ3) is 4.15. The van der Waals surface area contributed by atoms with Gasteiger partial charge in [0.1, 0.15) is 23.0 Å². The summed E-state index contributed by atoms with van der Waals surface area (Å²) in [5, 5.41) is 3.10. The molecule has 0 spiro atoms. The van der Waals surface area contributed by atoms with Crippen LogP contribution in [0.25, 0.3) is 5.57 Å². The molecule has 0 fully saturated rings. The molecule has 176 valence electrons. The van der Waals surface area contributed by atoms with Gasteiger partial charge in [-0.3, -0.25) is 14.5 Å². The fraction of sp³-hybridized carbons (Fsp3) is 0.200. The van der Waals surface area contributed by atoms with Gasteiger partial charge >= 0.3 is 0 Å². The summed E-state index contributed by atoms with van der Waals surface area (Å²) in [5.41, 5.74) is 1.29. The van der Waals surface area contributed by atoms with Crippen molar-refractivity contribution in [3.05, 3.63) is 71.8 Å². The zero-order chi connectivity index (χ0) is 24.2. The van der Waals surface area contributed by atoms with Gasteiger partial charge in [0, 0.05) is 6.07 Å². The summed E-state index contributed by atoms with van der Waals surface area (Å²) in [6, 6.07) is 13.6. The van der Waals surface area contributed by atoms with E-state index in [4.69, 9.17) is 23.4 Å². The molecule has 0 saturated heterocycles. The molecule has 1 aromatic heterocycles. The number of hydrogen-bond donors (Lipinski definition) is 1. The van der Waals surface area contributed by atoms with Gasteiger partial charge < -0.3 is 28.7 Å². The number of imide groups is 1. The lowest BCUT2D eigenvalue weighted by Gasteiger charge is -2.15. The Morgan fingerprint density at radius 1 is 0.824 bits per heavy atom. The highest BCUT2D eigenvalue weighted by Crippen LogP contribution is 2.38. The molecular weight excluding hydrogens is 440 g/mol. The van der Waals surface area contributed by atoms with E-state index in [1.807, 2.05) is 0 Å². The average molecular weight is 464 g/mol. The first kappa shape index (κ1) is 22.8. The maximum atomic E-state index is 13.5. The van der Waals surface area contributed by atoms with Crippen molar-refractivity contribution in [1.82, 2.24) is 4.90 Å². The summed E-state index contributed by atoms with van der Waals surface area (Å²) < 4.78 is 26.8. The van der Waals surface area contributed by atoms with Gasteiger partial charge in [0.15, 0.2) is 11.5 Å². The van der Waals surface area contributed by atoms with Gasteiger partial charge in [-0.1, -0.05) is 6.07 Å². The second-order valence-electron chi connectivity index (χ2n) is 7.29. The summed E-state index contributed by atoms with van der Waals surface area (Å²) in [5.74, 6) is 1.48. The number of hydrogen-bond acceptors (Lipinski definition) is 8. The van der Waals surface area contributed by atoms with E-state index >= 15 is 0 Å².